The van der Waals surface area contributed by atoms with Gasteiger partial charge in [0, 0.05) is 19.8 Å². The molecule has 0 saturated heterocycles. The van der Waals surface area contributed by atoms with Crippen LogP contribution in [-0.2, 0) is 0 Å². The highest BCUT2D eigenvalue weighted by Crippen LogP contribution is 2.29. The zero-order valence-corrected chi connectivity index (χ0v) is 13.5. The van der Waals surface area contributed by atoms with Crippen LogP contribution in [0.25, 0.3) is 5.57 Å². The lowest BCUT2D eigenvalue weighted by Gasteiger charge is -2.15. The summed E-state index contributed by atoms with van der Waals surface area (Å²) in [6, 6.07) is 14.9. The second-order valence-electron chi connectivity index (χ2n) is 5.32. The second-order valence-corrected chi connectivity index (χ2v) is 5.32. The molecule has 0 fully saturated rings. The standard InChI is InChI=1S/C19H23NO/c1-6-18(15-7-9-16(10-8-15)20(3)4)19-12-11-17(21-5)13-14(19)2/h6-13H,1-5H3. The Morgan fingerprint density at radius 3 is 2.19 bits per heavy atom. The molecular weight excluding hydrogens is 258 g/mol. The fraction of sp³-hybridized carbons (Fsp3) is 0.263. The molecule has 0 unspecified atom stereocenters. The van der Waals surface area contributed by atoms with Gasteiger partial charge in [0.1, 0.15) is 5.75 Å². The fourth-order valence-electron chi connectivity index (χ4n) is 2.48. The van der Waals surface area contributed by atoms with Crippen molar-refractivity contribution < 1.29 is 4.74 Å². The fourth-order valence-corrected chi connectivity index (χ4v) is 2.48. The summed E-state index contributed by atoms with van der Waals surface area (Å²) >= 11 is 0. The Labute approximate surface area is 127 Å². The van der Waals surface area contributed by atoms with Gasteiger partial charge in [-0.2, -0.15) is 0 Å². The number of ether oxygens (including phenoxy) is 1. The monoisotopic (exact) mass is 281 g/mol. The number of benzene rings is 2. The average molecular weight is 281 g/mol. The zero-order chi connectivity index (χ0) is 15.4. The van der Waals surface area contributed by atoms with E-state index in [0.29, 0.717) is 0 Å². The second kappa shape index (κ2) is 6.49. The Morgan fingerprint density at radius 2 is 1.71 bits per heavy atom. The van der Waals surface area contributed by atoms with Crippen molar-refractivity contribution >= 4 is 11.3 Å². The van der Waals surface area contributed by atoms with Crippen LogP contribution in [0.15, 0.2) is 48.5 Å². The molecule has 0 aromatic heterocycles. The molecule has 0 bridgehead atoms. The van der Waals surface area contributed by atoms with Gasteiger partial charge in [-0.05, 0) is 60.4 Å². The number of hydrogen-bond acceptors (Lipinski definition) is 2. The third-order valence-electron chi connectivity index (χ3n) is 3.71. The van der Waals surface area contributed by atoms with Crippen molar-refractivity contribution in [1.29, 1.82) is 0 Å². The summed E-state index contributed by atoms with van der Waals surface area (Å²) in [4.78, 5) is 2.11. The van der Waals surface area contributed by atoms with Crippen LogP contribution in [-0.4, -0.2) is 21.2 Å². The molecule has 0 saturated carbocycles. The molecule has 0 radical (unpaired) electrons. The Morgan fingerprint density at radius 1 is 1.05 bits per heavy atom. The minimum absolute atomic E-state index is 0.898. The van der Waals surface area contributed by atoms with Gasteiger partial charge in [-0.1, -0.05) is 24.3 Å². The molecule has 0 heterocycles. The maximum absolute atomic E-state index is 5.29. The number of rotatable bonds is 4. The predicted octanol–water partition coefficient (Wildman–Crippen LogP) is 4.52. The average Bonchev–Trinajstić information content (AvgIpc) is 2.50. The molecule has 110 valence electrons. The molecule has 0 atom stereocenters. The largest absolute Gasteiger partial charge is 0.497 e. The van der Waals surface area contributed by atoms with Crippen LogP contribution in [0.5, 0.6) is 5.75 Å². The highest BCUT2D eigenvalue weighted by Gasteiger charge is 2.08. The van der Waals surface area contributed by atoms with Gasteiger partial charge in [0.2, 0.25) is 0 Å². The lowest BCUT2D eigenvalue weighted by molar-refractivity contribution is 0.414. The number of allylic oxidation sites excluding steroid dienone is 1. The minimum atomic E-state index is 0.898. The zero-order valence-electron chi connectivity index (χ0n) is 13.5. The Bertz CT molecular complexity index is 639. The van der Waals surface area contributed by atoms with Crippen LogP contribution in [0, 0.1) is 6.92 Å². The molecule has 0 aliphatic carbocycles. The summed E-state index contributed by atoms with van der Waals surface area (Å²) in [7, 11) is 5.81. The third-order valence-corrected chi connectivity index (χ3v) is 3.71. The number of aryl methyl sites for hydroxylation is 1. The first-order valence-electron chi connectivity index (χ1n) is 7.16. The van der Waals surface area contributed by atoms with Crippen LogP contribution in [0.2, 0.25) is 0 Å². The maximum atomic E-state index is 5.29. The molecule has 0 aliphatic rings. The van der Waals surface area contributed by atoms with Gasteiger partial charge in [0.05, 0.1) is 7.11 Å². The number of hydrogen-bond donors (Lipinski definition) is 0. The topological polar surface area (TPSA) is 12.5 Å². The molecule has 2 nitrogen and oxygen atoms in total. The SMILES string of the molecule is CC=C(c1ccc(N(C)C)cc1)c1ccc(OC)cc1C. The van der Waals surface area contributed by atoms with Crippen LogP contribution >= 0.6 is 0 Å². The molecule has 2 rings (SSSR count). The van der Waals surface area contributed by atoms with Crippen LogP contribution < -0.4 is 9.64 Å². The van der Waals surface area contributed by atoms with E-state index in [9.17, 15) is 0 Å². The highest BCUT2D eigenvalue weighted by molar-refractivity contribution is 5.82. The molecule has 21 heavy (non-hydrogen) atoms. The van der Waals surface area contributed by atoms with Crippen LogP contribution in [0.3, 0.4) is 0 Å². The third kappa shape index (κ3) is 3.27. The normalized spacial score (nSPS) is 11.4. The van der Waals surface area contributed by atoms with Gasteiger partial charge in [-0.25, -0.2) is 0 Å². The molecule has 0 N–H and O–H groups in total. The lowest BCUT2D eigenvalue weighted by Crippen LogP contribution is -2.08. The number of methoxy groups -OCH3 is 1. The quantitative estimate of drug-likeness (QED) is 0.817. The van der Waals surface area contributed by atoms with Crippen molar-refractivity contribution in [3.63, 3.8) is 0 Å². The van der Waals surface area contributed by atoms with E-state index < -0.39 is 0 Å². The van der Waals surface area contributed by atoms with Crippen molar-refractivity contribution in [2.45, 2.75) is 13.8 Å². The lowest BCUT2D eigenvalue weighted by atomic mass is 9.94. The van der Waals surface area contributed by atoms with Crippen LogP contribution in [0.1, 0.15) is 23.6 Å². The van der Waals surface area contributed by atoms with E-state index in [0.717, 1.165) is 5.75 Å². The van der Waals surface area contributed by atoms with Gasteiger partial charge in [-0.15, -0.1) is 0 Å². The summed E-state index contributed by atoms with van der Waals surface area (Å²) in [5, 5.41) is 0. The maximum Gasteiger partial charge on any atom is 0.119 e. The number of nitrogens with zero attached hydrogens (tertiary/aromatic N) is 1. The summed E-state index contributed by atoms with van der Waals surface area (Å²) in [5.74, 6) is 0.898. The Kier molecular flexibility index (Phi) is 4.69. The molecular formula is C19H23NO. The van der Waals surface area contributed by atoms with E-state index in [1.165, 1.54) is 28.0 Å². The first-order chi connectivity index (χ1) is 10.1. The van der Waals surface area contributed by atoms with Crippen molar-refractivity contribution in [2.75, 3.05) is 26.1 Å². The summed E-state index contributed by atoms with van der Waals surface area (Å²) in [5.41, 5.74) is 6.16. The smallest absolute Gasteiger partial charge is 0.119 e. The van der Waals surface area contributed by atoms with Gasteiger partial charge < -0.3 is 9.64 Å². The van der Waals surface area contributed by atoms with Crippen molar-refractivity contribution in [3.05, 3.63) is 65.2 Å². The van der Waals surface area contributed by atoms with Gasteiger partial charge >= 0.3 is 0 Å². The highest BCUT2D eigenvalue weighted by atomic mass is 16.5. The molecule has 0 spiro atoms. The van der Waals surface area contributed by atoms with E-state index in [1.54, 1.807) is 7.11 Å². The summed E-state index contributed by atoms with van der Waals surface area (Å²) in [6.45, 7) is 4.20. The van der Waals surface area contributed by atoms with E-state index >= 15 is 0 Å². The van der Waals surface area contributed by atoms with Crippen LogP contribution in [0.4, 0.5) is 5.69 Å². The van der Waals surface area contributed by atoms with Crippen molar-refractivity contribution in [3.8, 4) is 5.75 Å². The molecule has 0 amide bonds. The molecule has 2 aromatic carbocycles. The van der Waals surface area contributed by atoms with E-state index in [-0.39, 0.29) is 0 Å². The first kappa shape index (κ1) is 15.2. The molecule has 0 aliphatic heterocycles. The van der Waals surface area contributed by atoms with Gasteiger partial charge in [-0.3, -0.25) is 0 Å². The van der Waals surface area contributed by atoms with E-state index in [2.05, 4.69) is 75.3 Å². The summed E-state index contributed by atoms with van der Waals surface area (Å²) in [6.07, 6.45) is 2.17. The van der Waals surface area contributed by atoms with Crippen molar-refractivity contribution in [2.24, 2.45) is 0 Å². The summed E-state index contributed by atoms with van der Waals surface area (Å²) < 4.78 is 5.29. The Hall–Kier alpha value is -2.22. The molecule has 2 heteroatoms. The Balaban J connectivity index is 2.40. The molecule has 2 aromatic rings. The minimum Gasteiger partial charge on any atom is -0.497 e. The number of anilines is 1. The van der Waals surface area contributed by atoms with E-state index in [4.69, 9.17) is 4.74 Å². The predicted molar refractivity (Wildman–Crippen MR) is 91.3 cm³/mol. The first-order valence-corrected chi connectivity index (χ1v) is 7.16. The van der Waals surface area contributed by atoms with Gasteiger partial charge in [0.15, 0.2) is 0 Å². The van der Waals surface area contributed by atoms with Crippen molar-refractivity contribution in [1.82, 2.24) is 0 Å². The van der Waals surface area contributed by atoms with Gasteiger partial charge in [0.25, 0.3) is 0 Å². The van der Waals surface area contributed by atoms with E-state index in [1.807, 2.05) is 6.07 Å².